The van der Waals surface area contributed by atoms with Gasteiger partial charge >= 0.3 is 5.97 Å². The molecule has 0 bridgehead atoms. The minimum Gasteiger partial charge on any atom is -0.493 e. The molecule has 3 aromatic heterocycles. The van der Waals surface area contributed by atoms with Crippen molar-refractivity contribution in [3.8, 4) is 28.7 Å². The number of nitrogens with one attached hydrogen (secondary N) is 1. The van der Waals surface area contributed by atoms with E-state index in [-0.39, 0.29) is 17.8 Å². The molecule has 0 spiro atoms. The Bertz CT molecular complexity index is 1930. The van der Waals surface area contributed by atoms with Crippen molar-refractivity contribution in [2.24, 2.45) is 12.8 Å². The van der Waals surface area contributed by atoms with Gasteiger partial charge in [-0.25, -0.2) is 9.67 Å². The van der Waals surface area contributed by atoms with Gasteiger partial charge in [0.15, 0.2) is 11.5 Å². The molecule has 0 aliphatic carbocycles. The monoisotopic (exact) mass is 626 g/mol. The number of amides is 1. The number of ether oxygens (including phenoxy) is 4. The first-order chi connectivity index (χ1) is 22.1. The van der Waals surface area contributed by atoms with Gasteiger partial charge in [-0.1, -0.05) is 18.2 Å². The molecule has 0 saturated heterocycles. The zero-order chi connectivity index (χ0) is 33.0. The average Bonchev–Trinajstić information content (AvgIpc) is 3.29. The van der Waals surface area contributed by atoms with Crippen LogP contribution >= 0.6 is 0 Å². The van der Waals surface area contributed by atoms with Gasteiger partial charge in [0.2, 0.25) is 0 Å². The quantitative estimate of drug-likeness (QED) is 0.205. The van der Waals surface area contributed by atoms with E-state index < -0.39 is 29.6 Å². The summed E-state index contributed by atoms with van der Waals surface area (Å²) in [6.07, 6.45) is 2.49. The molecule has 0 radical (unpaired) electrons. The first kappa shape index (κ1) is 31.7. The van der Waals surface area contributed by atoms with Crippen LogP contribution in [0, 0.1) is 0 Å². The van der Waals surface area contributed by atoms with Gasteiger partial charge < -0.3 is 30.0 Å². The van der Waals surface area contributed by atoms with E-state index in [2.05, 4.69) is 15.3 Å². The highest BCUT2D eigenvalue weighted by Gasteiger charge is 2.27. The maximum absolute atomic E-state index is 13.7. The molecule has 0 saturated carbocycles. The highest BCUT2D eigenvalue weighted by molar-refractivity contribution is 6.04. The summed E-state index contributed by atoms with van der Waals surface area (Å²) >= 11 is 0. The molecule has 2 aromatic carbocycles. The standard InChI is InChI=1S/C33H34N6O7/c1-19(45-33(42)20(2)34)15-25-30(32(41)39(38(25)3)21-9-7-6-8-10-21)31(40)37-29-12-11-22(18-36-29)46-26-13-14-35-24-17-28(44-5)27(43-4)16-23(24)26/h6-14,16-20H,15,34H2,1-5H3,(H,36,37,40). The minimum atomic E-state index is -0.815. The summed E-state index contributed by atoms with van der Waals surface area (Å²) in [6, 6.07) is 16.5. The smallest absolute Gasteiger partial charge is 0.322 e. The van der Waals surface area contributed by atoms with E-state index in [1.165, 1.54) is 17.8 Å². The summed E-state index contributed by atoms with van der Waals surface area (Å²) in [6.45, 7) is 3.19. The van der Waals surface area contributed by atoms with Crippen LogP contribution in [-0.2, 0) is 23.0 Å². The molecule has 3 N–H and O–H groups in total. The molecule has 13 nitrogen and oxygen atoms in total. The number of esters is 1. The maximum atomic E-state index is 13.7. The van der Waals surface area contributed by atoms with Gasteiger partial charge in [-0.3, -0.25) is 24.0 Å². The predicted octanol–water partition coefficient (Wildman–Crippen LogP) is 4.00. The van der Waals surface area contributed by atoms with Crippen LogP contribution in [-0.4, -0.2) is 57.6 Å². The van der Waals surface area contributed by atoms with Crippen molar-refractivity contribution < 1.29 is 28.5 Å². The van der Waals surface area contributed by atoms with E-state index in [1.807, 2.05) is 6.07 Å². The van der Waals surface area contributed by atoms with Crippen LogP contribution in [0.4, 0.5) is 5.82 Å². The molecule has 238 valence electrons. The molecule has 46 heavy (non-hydrogen) atoms. The molecule has 2 atom stereocenters. The lowest BCUT2D eigenvalue weighted by atomic mass is 10.1. The van der Waals surface area contributed by atoms with Crippen molar-refractivity contribution in [2.45, 2.75) is 32.4 Å². The number of benzene rings is 2. The topological polar surface area (TPSA) is 162 Å². The van der Waals surface area contributed by atoms with Gasteiger partial charge in [-0.05, 0) is 50.2 Å². The van der Waals surface area contributed by atoms with Gasteiger partial charge in [0.1, 0.15) is 35.0 Å². The van der Waals surface area contributed by atoms with Crippen molar-refractivity contribution in [1.82, 2.24) is 19.3 Å². The molecule has 2 unspecified atom stereocenters. The average molecular weight is 627 g/mol. The van der Waals surface area contributed by atoms with Gasteiger partial charge in [-0.15, -0.1) is 0 Å². The number of para-hydroxylation sites is 1. The molecular weight excluding hydrogens is 592 g/mol. The number of hydrogen-bond donors (Lipinski definition) is 2. The zero-order valence-electron chi connectivity index (χ0n) is 26.0. The van der Waals surface area contributed by atoms with Crippen molar-refractivity contribution in [3.05, 3.63) is 94.7 Å². The summed E-state index contributed by atoms with van der Waals surface area (Å²) in [5.74, 6) is 0.918. The molecule has 0 aliphatic rings. The third-order valence-electron chi connectivity index (χ3n) is 7.20. The second-order valence-electron chi connectivity index (χ2n) is 10.5. The van der Waals surface area contributed by atoms with Crippen molar-refractivity contribution in [3.63, 3.8) is 0 Å². The first-order valence-corrected chi connectivity index (χ1v) is 14.4. The van der Waals surface area contributed by atoms with E-state index in [0.29, 0.717) is 45.3 Å². The summed E-state index contributed by atoms with van der Waals surface area (Å²) in [5.41, 5.74) is 6.58. The molecule has 13 heteroatoms. The van der Waals surface area contributed by atoms with Crippen LogP contribution in [0.3, 0.4) is 0 Å². The van der Waals surface area contributed by atoms with Crippen LogP contribution < -0.4 is 30.8 Å². The number of fused-ring (bicyclic) bond motifs is 1. The molecule has 0 aliphatic heterocycles. The Morgan fingerprint density at radius 1 is 0.957 bits per heavy atom. The molecule has 5 rings (SSSR count). The summed E-state index contributed by atoms with van der Waals surface area (Å²) in [7, 11) is 4.76. The number of anilines is 1. The summed E-state index contributed by atoms with van der Waals surface area (Å²) in [4.78, 5) is 48.2. The third kappa shape index (κ3) is 6.54. The number of pyridine rings is 2. The molecule has 3 heterocycles. The lowest BCUT2D eigenvalue weighted by Crippen LogP contribution is -2.32. The minimum absolute atomic E-state index is 0.0868. The number of carbonyl (C=O) groups excluding carboxylic acids is 2. The Hall–Kier alpha value is -5.69. The first-order valence-electron chi connectivity index (χ1n) is 14.4. The Balaban J connectivity index is 1.41. The number of methoxy groups -OCH3 is 2. The number of nitrogens with two attached hydrogens (primary N) is 1. The van der Waals surface area contributed by atoms with Gasteiger partial charge in [0.25, 0.3) is 11.5 Å². The fourth-order valence-corrected chi connectivity index (χ4v) is 4.95. The summed E-state index contributed by atoms with van der Waals surface area (Å²) in [5, 5.41) is 3.41. The SMILES string of the molecule is COc1cc2nccc(Oc3ccc(NC(=O)c4c(CC(C)OC(=O)C(C)N)n(C)n(-c5ccccc5)c4=O)nc3)c2cc1OC. The zero-order valence-corrected chi connectivity index (χ0v) is 26.0. The lowest BCUT2D eigenvalue weighted by Gasteiger charge is -2.17. The van der Waals surface area contributed by atoms with Crippen molar-refractivity contribution in [1.29, 1.82) is 0 Å². The van der Waals surface area contributed by atoms with E-state index in [1.54, 1.807) is 93.7 Å². The van der Waals surface area contributed by atoms with Crippen LogP contribution in [0.15, 0.2) is 77.9 Å². The van der Waals surface area contributed by atoms with Gasteiger partial charge in [0, 0.05) is 31.1 Å². The van der Waals surface area contributed by atoms with E-state index in [0.717, 1.165) is 0 Å². The highest BCUT2D eigenvalue weighted by atomic mass is 16.5. The molecule has 5 aromatic rings. The fraction of sp³-hybridized carbons (Fsp3) is 0.242. The fourth-order valence-electron chi connectivity index (χ4n) is 4.95. The number of rotatable bonds is 11. The maximum Gasteiger partial charge on any atom is 0.322 e. The number of aromatic nitrogens is 4. The Kier molecular flexibility index (Phi) is 9.33. The number of carbonyl (C=O) groups is 2. The van der Waals surface area contributed by atoms with E-state index in [9.17, 15) is 14.4 Å². The second kappa shape index (κ2) is 13.5. The van der Waals surface area contributed by atoms with Crippen LogP contribution in [0.1, 0.15) is 29.9 Å². The third-order valence-corrected chi connectivity index (χ3v) is 7.20. The Morgan fingerprint density at radius 2 is 1.67 bits per heavy atom. The van der Waals surface area contributed by atoms with Gasteiger partial charge in [0.05, 0.1) is 37.3 Å². The van der Waals surface area contributed by atoms with E-state index >= 15 is 0 Å². The van der Waals surface area contributed by atoms with Crippen LogP contribution in [0.2, 0.25) is 0 Å². The summed E-state index contributed by atoms with van der Waals surface area (Å²) < 4.78 is 25.3. The molecule has 1 amide bonds. The van der Waals surface area contributed by atoms with Crippen LogP contribution in [0.25, 0.3) is 16.6 Å². The van der Waals surface area contributed by atoms with Crippen molar-refractivity contribution in [2.75, 3.05) is 19.5 Å². The Morgan fingerprint density at radius 3 is 2.33 bits per heavy atom. The normalized spacial score (nSPS) is 12.3. The molecular formula is C33H34N6O7. The van der Waals surface area contributed by atoms with Gasteiger partial charge in [-0.2, -0.15) is 0 Å². The Labute approximate surface area is 264 Å². The van der Waals surface area contributed by atoms with Crippen molar-refractivity contribution >= 4 is 28.6 Å². The number of nitrogens with zero attached hydrogens (tertiary/aromatic N) is 4. The predicted molar refractivity (Wildman–Crippen MR) is 171 cm³/mol. The van der Waals surface area contributed by atoms with Crippen LogP contribution in [0.5, 0.6) is 23.0 Å². The number of hydrogen-bond acceptors (Lipinski definition) is 10. The second-order valence-corrected chi connectivity index (χ2v) is 10.5. The van der Waals surface area contributed by atoms with E-state index in [4.69, 9.17) is 24.7 Å². The largest absolute Gasteiger partial charge is 0.493 e. The highest BCUT2D eigenvalue weighted by Crippen LogP contribution is 2.36. The lowest BCUT2D eigenvalue weighted by molar-refractivity contribution is -0.149. The molecule has 0 fully saturated rings.